The molecule has 8 nitrogen and oxygen atoms in total. The van der Waals surface area contributed by atoms with Gasteiger partial charge in [0.2, 0.25) is 5.91 Å². The molecule has 0 fully saturated rings. The van der Waals surface area contributed by atoms with Crippen LogP contribution < -0.4 is 10.2 Å². The molecular formula is C77H151N2O6P. The van der Waals surface area contributed by atoms with Crippen molar-refractivity contribution in [3.05, 3.63) is 36.5 Å². The lowest BCUT2D eigenvalue weighted by molar-refractivity contribution is -0.870. The average Bonchev–Trinajstić information content (AvgIpc) is 3.70. The number of unbranched alkanes of at least 4 members (excludes halogenated alkanes) is 55. The van der Waals surface area contributed by atoms with E-state index in [1.807, 2.05) is 27.2 Å². The fraction of sp³-hybridized carbons (Fsp3) is 0.909. The first-order valence-electron chi connectivity index (χ1n) is 38.4. The highest BCUT2D eigenvalue weighted by Gasteiger charge is 2.23. The van der Waals surface area contributed by atoms with Crippen LogP contribution in [0, 0.1) is 0 Å². The van der Waals surface area contributed by atoms with Crippen LogP contribution in [0.1, 0.15) is 399 Å². The Balaban J connectivity index is 3.89. The number of carbonyl (C=O) groups is 1. The van der Waals surface area contributed by atoms with E-state index in [0.717, 1.165) is 44.9 Å². The lowest BCUT2D eigenvalue weighted by Crippen LogP contribution is -2.45. The molecule has 0 saturated carbocycles. The Morgan fingerprint density at radius 3 is 0.965 bits per heavy atom. The Kier molecular flexibility index (Phi) is 67.1. The highest BCUT2D eigenvalue weighted by molar-refractivity contribution is 7.45. The van der Waals surface area contributed by atoms with E-state index in [4.69, 9.17) is 9.05 Å². The molecule has 0 rings (SSSR count). The Labute approximate surface area is 537 Å². The molecule has 0 radical (unpaired) electrons. The molecular weight excluding hydrogens is 1080 g/mol. The summed E-state index contributed by atoms with van der Waals surface area (Å²) in [5, 5.41) is 14.0. The fourth-order valence-corrected chi connectivity index (χ4v) is 12.6. The number of phosphoric ester groups is 1. The van der Waals surface area contributed by atoms with Crippen molar-refractivity contribution < 1.29 is 32.9 Å². The first kappa shape index (κ1) is 84.7. The number of aliphatic hydroxyl groups is 1. The van der Waals surface area contributed by atoms with E-state index >= 15 is 0 Å². The van der Waals surface area contributed by atoms with E-state index in [2.05, 4.69) is 43.5 Å². The van der Waals surface area contributed by atoms with E-state index in [1.165, 1.54) is 334 Å². The van der Waals surface area contributed by atoms with Crippen molar-refractivity contribution in [2.45, 2.75) is 411 Å². The maximum Gasteiger partial charge on any atom is 0.268 e. The van der Waals surface area contributed by atoms with Crippen LogP contribution in [0.2, 0.25) is 0 Å². The molecule has 0 saturated heterocycles. The maximum absolute atomic E-state index is 13.1. The maximum atomic E-state index is 13.1. The third-order valence-electron chi connectivity index (χ3n) is 17.8. The number of quaternary nitrogens is 1. The van der Waals surface area contributed by atoms with Gasteiger partial charge in [-0.3, -0.25) is 9.36 Å². The van der Waals surface area contributed by atoms with E-state index in [0.29, 0.717) is 17.4 Å². The Morgan fingerprint density at radius 1 is 0.407 bits per heavy atom. The number of phosphoric acid groups is 1. The number of likely N-dealkylation sites (N-methyl/N-ethyl adjacent to an activating group) is 1. The standard InChI is InChI=1S/C77H151N2O6P/c1-6-8-10-12-14-16-18-20-22-24-26-28-30-31-32-33-34-35-36-37-38-39-40-41-42-43-44-45-46-47-49-51-53-55-57-59-61-63-65-67-69-71-77(81)78-75(74-85-86(82,83)84-73-72-79(3,4)5)76(80)70-68-66-64-62-60-58-56-54-52-50-48-29-27-25-23-21-19-17-15-13-11-9-7-2/h18,20,24,26,68,70,75-76,80H,6-17,19,21-23,25,27-67,69,71-74H2,1-5H3,(H-,78,81,82,83)/b20-18-,26-24-,70-68+. The van der Waals surface area contributed by atoms with E-state index in [-0.39, 0.29) is 19.1 Å². The minimum Gasteiger partial charge on any atom is -0.756 e. The summed E-state index contributed by atoms with van der Waals surface area (Å²) in [6.45, 7) is 4.70. The minimum atomic E-state index is -4.60. The van der Waals surface area contributed by atoms with E-state index in [9.17, 15) is 19.4 Å². The van der Waals surface area contributed by atoms with Gasteiger partial charge >= 0.3 is 0 Å². The van der Waals surface area contributed by atoms with Crippen LogP contribution in [0.15, 0.2) is 36.5 Å². The van der Waals surface area contributed by atoms with Gasteiger partial charge in [0.15, 0.2) is 0 Å². The summed E-state index contributed by atoms with van der Waals surface area (Å²) in [4.78, 5) is 25.7. The predicted molar refractivity (Wildman–Crippen MR) is 376 cm³/mol. The molecule has 9 heteroatoms. The second-order valence-corrected chi connectivity index (χ2v) is 29.1. The van der Waals surface area contributed by atoms with Crippen LogP contribution in [-0.2, 0) is 18.4 Å². The summed E-state index contributed by atoms with van der Waals surface area (Å²) in [7, 11) is 1.28. The number of nitrogens with one attached hydrogen (secondary N) is 1. The van der Waals surface area contributed by atoms with Crippen molar-refractivity contribution >= 4 is 13.7 Å². The first-order valence-corrected chi connectivity index (χ1v) is 39.8. The summed E-state index contributed by atoms with van der Waals surface area (Å²) in [5.74, 6) is -0.188. The molecule has 0 aromatic carbocycles. The Hall–Kier alpha value is -1.28. The second-order valence-electron chi connectivity index (χ2n) is 27.7. The summed E-state index contributed by atoms with van der Waals surface area (Å²) >= 11 is 0. The van der Waals surface area contributed by atoms with Crippen LogP contribution in [-0.4, -0.2) is 68.5 Å². The SMILES string of the molecule is CCCCCCC/C=C\C/C=C\CCCCCCCCCCCCCCCCCCCCCCCCCCCCCCCC(=O)NC(COP(=O)([O-])OCC[N+](C)(C)C)C(O)/C=C/CCCCCCCCCCCCCCCCCCCCCCC. The second kappa shape index (κ2) is 68.1. The van der Waals surface area contributed by atoms with Crippen molar-refractivity contribution in [3.8, 4) is 0 Å². The molecule has 3 unspecified atom stereocenters. The van der Waals surface area contributed by atoms with Crippen LogP contribution >= 0.6 is 7.82 Å². The molecule has 86 heavy (non-hydrogen) atoms. The van der Waals surface area contributed by atoms with Gasteiger partial charge in [0.05, 0.1) is 39.9 Å². The number of hydrogen-bond acceptors (Lipinski definition) is 6. The molecule has 0 aliphatic carbocycles. The third kappa shape index (κ3) is 70.2. The smallest absolute Gasteiger partial charge is 0.268 e. The van der Waals surface area contributed by atoms with Gasteiger partial charge in [-0.05, 0) is 51.4 Å². The van der Waals surface area contributed by atoms with Crippen LogP contribution in [0.25, 0.3) is 0 Å². The zero-order valence-electron chi connectivity index (χ0n) is 58.5. The van der Waals surface area contributed by atoms with Gasteiger partial charge in [-0.1, -0.05) is 378 Å². The predicted octanol–water partition coefficient (Wildman–Crippen LogP) is 24.2. The molecule has 510 valence electrons. The fourth-order valence-electron chi connectivity index (χ4n) is 11.9. The van der Waals surface area contributed by atoms with Crippen LogP contribution in [0.3, 0.4) is 0 Å². The average molecular weight is 1230 g/mol. The topological polar surface area (TPSA) is 108 Å². The molecule has 0 aliphatic rings. The molecule has 1 amide bonds. The summed E-state index contributed by atoms with van der Waals surface area (Å²) in [5.41, 5.74) is 0. The number of allylic oxidation sites excluding steroid dienone is 5. The van der Waals surface area contributed by atoms with Crippen LogP contribution in [0.4, 0.5) is 0 Å². The van der Waals surface area contributed by atoms with Gasteiger partial charge in [0.1, 0.15) is 13.2 Å². The van der Waals surface area contributed by atoms with Crippen molar-refractivity contribution in [2.75, 3.05) is 40.9 Å². The van der Waals surface area contributed by atoms with Gasteiger partial charge in [0, 0.05) is 6.42 Å². The normalized spacial score (nSPS) is 13.7. The number of aliphatic hydroxyl groups excluding tert-OH is 1. The number of nitrogens with zero attached hydrogens (tertiary/aromatic N) is 1. The molecule has 0 heterocycles. The molecule has 0 bridgehead atoms. The monoisotopic (exact) mass is 1230 g/mol. The van der Waals surface area contributed by atoms with Crippen LogP contribution in [0.5, 0.6) is 0 Å². The molecule has 0 aromatic heterocycles. The number of rotatable bonds is 72. The van der Waals surface area contributed by atoms with Gasteiger partial charge in [0.25, 0.3) is 7.82 Å². The molecule has 0 aromatic rings. The van der Waals surface area contributed by atoms with Gasteiger partial charge in [-0.15, -0.1) is 0 Å². The van der Waals surface area contributed by atoms with E-state index in [1.54, 1.807) is 6.08 Å². The largest absolute Gasteiger partial charge is 0.756 e. The Bertz CT molecular complexity index is 1500. The highest BCUT2D eigenvalue weighted by atomic mass is 31.2. The molecule has 3 atom stereocenters. The highest BCUT2D eigenvalue weighted by Crippen LogP contribution is 2.38. The molecule has 0 spiro atoms. The lowest BCUT2D eigenvalue weighted by Gasteiger charge is -2.29. The zero-order chi connectivity index (χ0) is 62.6. The third-order valence-corrected chi connectivity index (χ3v) is 18.8. The van der Waals surface area contributed by atoms with Crippen molar-refractivity contribution in [1.29, 1.82) is 0 Å². The summed E-state index contributed by atoms with van der Waals surface area (Å²) in [6, 6.07) is -0.885. The number of amides is 1. The number of hydrogen-bond donors (Lipinski definition) is 2. The van der Waals surface area contributed by atoms with Gasteiger partial charge in [-0.2, -0.15) is 0 Å². The van der Waals surface area contributed by atoms with Gasteiger partial charge < -0.3 is 28.8 Å². The van der Waals surface area contributed by atoms with E-state index < -0.39 is 20.0 Å². The molecule has 2 N–H and O–H groups in total. The van der Waals surface area contributed by atoms with Crippen molar-refractivity contribution in [2.24, 2.45) is 0 Å². The lowest BCUT2D eigenvalue weighted by atomic mass is 10.0. The molecule has 0 aliphatic heterocycles. The summed E-state index contributed by atoms with van der Waals surface area (Å²) < 4.78 is 23.5. The Morgan fingerprint density at radius 2 is 0.674 bits per heavy atom. The quantitative estimate of drug-likeness (QED) is 0.0272. The van der Waals surface area contributed by atoms with Crippen molar-refractivity contribution in [3.63, 3.8) is 0 Å². The summed E-state index contributed by atoms with van der Waals surface area (Å²) in [6.07, 6.45) is 91.6. The minimum absolute atomic E-state index is 0.00191. The number of carbonyl (C=O) groups excluding carboxylic acids is 1. The first-order chi connectivity index (χ1) is 42.0. The van der Waals surface area contributed by atoms with Gasteiger partial charge in [-0.25, -0.2) is 0 Å². The zero-order valence-corrected chi connectivity index (χ0v) is 59.4. The van der Waals surface area contributed by atoms with Crippen molar-refractivity contribution in [1.82, 2.24) is 5.32 Å².